The summed E-state index contributed by atoms with van der Waals surface area (Å²) in [7, 11) is 0. The molecule has 0 bridgehead atoms. The van der Waals surface area contributed by atoms with E-state index < -0.39 is 11.5 Å². The van der Waals surface area contributed by atoms with Crippen LogP contribution in [0, 0.1) is 0 Å². The van der Waals surface area contributed by atoms with Crippen molar-refractivity contribution in [1.29, 1.82) is 0 Å². The minimum atomic E-state index is -1.01. The van der Waals surface area contributed by atoms with E-state index in [1.54, 1.807) is 18.7 Å². The Kier molecular flexibility index (Phi) is 5.09. The average molecular weight is 352 g/mol. The van der Waals surface area contributed by atoms with Gasteiger partial charge in [-0.2, -0.15) is 0 Å². The number of aliphatic hydroxyl groups is 1. The van der Waals surface area contributed by atoms with Gasteiger partial charge in [0.2, 0.25) is 11.8 Å². The maximum atomic E-state index is 13.0. The van der Waals surface area contributed by atoms with Crippen molar-refractivity contribution in [1.82, 2.24) is 4.90 Å². The van der Waals surface area contributed by atoms with Crippen LogP contribution in [0.25, 0.3) is 0 Å². The third-order valence-corrected chi connectivity index (χ3v) is 4.44. The van der Waals surface area contributed by atoms with Crippen LogP contribution in [-0.2, 0) is 16.1 Å². The highest BCUT2D eigenvalue weighted by Gasteiger charge is 2.34. The van der Waals surface area contributed by atoms with E-state index in [0.29, 0.717) is 6.54 Å². The van der Waals surface area contributed by atoms with Gasteiger partial charge < -0.3 is 15.3 Å². The standard InChI is InChI=1S/C21H24N2O3/c1-21(2,26)14-23(13-15-8-4-3-5-9-15)19(24)12-17-16-10-6-7-11-18(16)22-20(17)25/h3-11,17,26H,12-14H2,1-2H3,(H,22,25). The Balaban J connectivity index is 1.78. The second-order valence-electron chi connectivity index (χ2n) is 7.38. The number of anilines is 1. The van der Waals surface area contributed by atoms with Gasteiger partial charge in [-0.15, -0.1) is 0 Å². The maximum absolute atomic E-state index is 13.0. The van der Waals surface area contributed by atoms with Crippen LogP contribution >= 0.6 is 0 Å². The third kappa shape index (κ3) is 4.29. The van der Waals surface area contributed by atoms with E-state index in [-0.39, 0.29) is 24.8 Å². The molecule has 0 spiro atoms. The Morgan fingerprint density at radius 3 is 2.46 bits per heavy atom. The molecule has 0 saturated heterocycles. The smallest absolute Gasteiger partial charge is 0.232 e. The molecule has 1 atom stereocenters. The Hall–Kier alpha value is -2.66. The van der Waals surface area contributed by atoms with Gasteiger partial charge in [0.1, 0.15) is 0 Å². The van der Waals surface area contributed by atoms with Crippen LogP contribution in [0.5, 0.6) is 0 Å². The van der Waals surface area contributed by atoms with Gasteiger partial charge >= 0.3 is 0 Å². The minimum absolute atomic E-state index is 0.0890. The summed E-state index contributed by atoms with van der Waals surface area (Å²) < 4.78 is 0. The predicted octanol–water partition coefficient (Wildman–Crippen LogP) is 2.91. The Morgan fingerprint density at radius 2 is 1.77 bits per heavy atom. The zero-order valence-electron chi connectivity index (χ0n) is 15.1. The molecule has 5 heteroatoms. The summed E-state index contributed by atoms with van der Waals surface area (Å²) >= 11 is 0. The van der Waals surface area contributed by atoms with Crippen LogP contribution in [0.2, 0.25) is 0 Å². The van der Waals surface area contributed by atoms with Gasteiger partial charge in [-0.25, -0.2) is 0 Å². The molecular weight excluding hydrogens is 328 g/mol. The van der Waals surface area contributed by atoms with Crippen LogP contribution in [0.4, 0.5) is 5.69 Å². The molecule has 2 aromatic rings. The molecule has 0 saturated carbocycles. The fourth-order valence-electron chi connectivity index (χ4n) is 3.29. The van der Waals surface area contributed by atoms with Gasteiger partial charge in [-0.05, 0) is 31.0 Å². The van der Waals surface area contributed by atoms with Crippen LogP contribution in [0.3, 0.4) is 0 Å². The molecule has 136 valence electrons. The summed E-state index contributed by atoms with van der Waals surface area (Å²) in [5.41, 5.74) is 1.60. The third-order valence-electron chi connectivity index (χ3n) is 4.44. The van der Waals surface area contributed by atoms with E-state index >= 15 is 0 Å². The Morgan fingerprint density at radius 1 is 1.12 bits per heavy atom. The number of nitrogens with one attached hydrogen (secondary N) is 1. The lowest BCUT2D eigenvalue weighted by atomic mass is 9.96. The van der Waals surface area contributed by atoms with Crippen molar-refractivity contribution in [2.75, 3.05) is 11.9 Å². The summed E-state index contributed by atoms with van der Waals surface area (Å²) in [6, 6.07) is 17.1. The van der Waals surface area contributed by atoms with E-state index in [1.807, 2.05) is 54.6 Å². The van der Waals surface area contributed by atoms with E-state index in [4.69, 9.17) is 0 Å². The van der Waals surface area contributed by atoms with Gasteiger partial charge in [0.25, 0.3) is 0 Å². The number of hydrogen-bond donors (Lipinski definition) is 2. The molecule has 1 aliphatic rings. The molecule has 1 heterocycles. The first-order valence-electron chi connectivity index (χ1n) is 8.77. The number of hydrogen-bond acceptors (Lipinski definition) is 3. The largest absolute Gasteiger partial charge is 0.389 e. The number of carbonyl (C=O) groups is 2. The van der Waals surface area contributed by atoms with E-state index in [0.717, 1.165) is 16.8 Å². The average Bonchev–Trinajstić information content (AvgIpc) is 2.90. The molecule has 0 radical (unpaired) electrons. The number of fused-ring (bicyclic) bond motifs is 1. The first-order valence-corrected chi connectivity index (χ1v) is 8.77. The first-order chi connectivity index (χ1) is 12.3. The SMILES string of the molecule is CC(C)(O)CN(Cc1ccccc1)C(=O)CC1C(=O)Nc2ccccc21. The molecule has 0 aliphatic carbocycles. The van der Waals surface area contributed by atoms with Crippen molar-refractivity contribution in [2.45, 2.75) is 38.3 Å². The molecule has 5 nitrogen and oxygen atoms in total. The van der Waals surface area contributed by atoms with E-state index in [9.17, 15) is 14.7 Å². The second kappa shape index (κ2) is 7.30. The number of benzene rings is 2. The fraction of sp³-hybridized carbons (Fsp3) is 0.333. The number of carbonyl (C=O) groups excluding carboxylic acids is 2. The van der Waals surface area contributed by atoms with Crippen LogP contribution in [0.1, 0.15) is 37.3 Å². The second-order valence-corrected chi connectivity index (χ2v) is 7.38. The lowest BCUT2D eigenvalue weighted by molar-refractivity contribution is -0.136. The van der Waals surface area contributed by atoms with Crippen molar-refractivity contribution in [3.8, 4) is 0 Å². The van der Waals surface area contributed by atoms with Gasteiger partial charge in [0, 0.05) is 25.2 Å². The zero-order valence-corrected chi connectivity index (χ0v) is 15.1. The van der Waals surface area contributed by atoms with Crippen molar-refractivity contribution in [3.05, 3.63) is 65.7 Å². The molecule has 3 rings (SSSR count). The Bertz CT molecular complexity index is 796. The lowest BCUT2D eigenvalue weighted by Crippen LogP contribution is -2.42. The summed E-state index contributed by atoms with van der Waals surface area (Å²) in [6.45, 7) is 3.96. The van der Waals surface area contributed by atoms with E-state index in [1.165, 1.54) is 0 Å². The van der Waals surface area contributed by atoms with Crippen LogP contribution in [0.15, 0.2) is 54.6 Å². The van der Waals surface area contributed by atoms with Gasteiger partial charge in [0.15, 0.2) is 0 Å². The highest BCUT2D eigenvalue weighted by Crippen LogP contribution is 2.34. The number of rotatable bonds is 6. The van der Waals surface area contributed by atoms with Crippen molar-refractivity contribution < 1.29 is 14.7 Å². The fourth-order valence-corrected chi connectivity index (χ4v) is 3.29. The molecular formula is C21H24N2O3. The van der Waals surface area contributed by atoms with Crippen molar-refractivity contribution >= 4 is 17.5 Å². The number of para-hydroxylation sites is 1. The summed E-state index contributed by atoms with van der Waals surface area (Å²) in [5.74, 6) is -0.783. The highest BCUT2D eigenvalue weighted by molar-refractivity contribution is 6.04. The van der Waals surface area contributed by atoms with Gasteiger partial charge in [0.05, 0.1) is 11.5 Å². The predicted molar refractivity (Wildman–Crippen MR) is 101 cm³/mol. The van der Waals surface area contributed by atoms with E-state index in [2.05, 4.69) is 5.32 Å². The van der Waals surface area contributed by atoms with Crippen LogP contribution < -0.4 is 5.32 Å². The maximum Gasteiger partial charge on any atom is 0.232 e. The molecule has 0 fully saturated rings. The first kappa shape index (κ1) is 18.1. The molecule has 2 amide bonds. The Labute approximate surface area is 153 Å². The highest BCUT2D eigenvalue weighted by atomic mass is 16.3. The molecule has 1 aliphatic heterocycles. The van der Waals surface area contributed by atoms with Gasteiger partial charge in [-0.3, -0.25) is 9.59 Å². The molecule has 0 aromatic heterocycles. The minimum Gasteiger partial charge on any atom is -0.389 e. The van der Waals surface area contributed by atoms with Crippen molar-refractivity contribution in [2.24, 2.45) is 0 Å². The lowest BCUT2D eigenvalue weighted by Gasteiger charge is -2.30. The normalized spacial score (nSPS) is 16.1. The summed E-state index contributed by atoms with van der Waals surface area (Å²) in [5, 5.41) is 13.0. The molecule has 2 N–H and O–H groups in total. The molecule has 2 aromatic carbocycles. The number of nitrogens with zero attached hydrogens (tertiary/aromatic N) is 1. The molecule has 26 heavy (non-hydrogen) atoms. The summed E-state index contributed by atoms with van der Waals surface area (Å²) in [6.07, 6.45) is 0.0890. The topological polar surface area (TPSA) is 69.6 Å². The quantitative estimate of drug-likeness (QED) is 0.840. The van der Waals surface area contributed by atoms with Gasteiger partial charge in [-0.1, -0.05) is 48.5 Å². The number of amides is 2. The monoisotopic (exact) mass is 352 g/mol. The van der Waals surface area contributed by atoms with Crippen LogP contribution in [-0.4, -0.2) is 34.0 Å². The summed E-state index contributed by atoms with van der Waals surface area (Å²) in [4.78, 5) is 26.9. The zero-order chi connectivity index (χ0) is 18.7. The molecule has 1 unspecified atom stereocenters. The van der Waals surface area contributed by atoms with Crippen molar-refractivity contribution in [3.63, 3.8) is 0 Å².